The number of aliphatic hydroxyl groups is 2. The summed E-state index contributed by atoms with van der Waals surface area (Å²) in [6, 6.07) is 18.3. The number of fused-ring (bicyclic) bond motifs is 3. The third kappa shape index (κ3) is 9.14. The van der Waals surface area contributed by atoms with Crippen molar-refractivity contribution < 1.29 is 63.4 Å². The molecule has 9 rings (SSSR count). The first kappa shape index (κ1) is 49.7. The standard InChI is InChI=1S/C55H56N4O13/c1-28-50(64)36(22-45(71-28)72-44-24-55(69,29(2)60)23-35-47(44)54(68)49-48(52(35)66)51(65)34-9-7-11-43(70-6)46(34)53(49)67)56-25-31-14-12-30(13-15-31)19-41(62)38-18-33(27-58(38)4)21-42(63)39-17-32(26-59(39)5)20-40(61)37-10-8-16-57(37)3/h7-18,26-28,36,44-45,50,56,64,66,68-69H,19-25H2,1-6H3/t28?,36?,44-,45?,50?,55-/m1/s1. The normalized spacial score (nSPS) is 21.5. The van der Waals surface area contributed by atoms with Crippen molar-refractivity contribution >= 4 is 34.7 Å². The van der Waals surface area contributed by atoms with Gasteiger partial charge < -0.3 is 53.7 Å². The number of nitrogens with one attached hydrogen (secondary N) is 1. The molecule has 374 valence electrons. The van der Waals surface area contributed by atoms with Crippen molar-refractivity contribution in [3.05, 3.63) is 158 Å². The van der Waals surface area contributed by atoms with Crippen molar-refractivity contribution in [1.29, 1.82) is 0 Å². The van der Waals surface area contributed by atoms with Crippen molar-refractivity contribution in [2.45, 2.75) is 95.2 Å². The van der Waals surface area contributed by atoms with Crippen LogP contribution in [0, 0.1) is 0 Å². The molecule has 3 aliphatic rings. The van der Waals surface area contributed by atoms with Crippen LogP contribution in [-0.4, -0.2) is 106 Å². The van der Waals surface area contributed by atoms with Gasteiger partial charge in [0.2, 0.25) is 5.78 Å². The number of aromatic nitrogens is 3. The van der Waals surface area contributed by atoms with Crippen molar-refractivity contribution in [3.8, 4) is 17.2 Å². The average Bonchev–Trinajstić information content (AvgIpc) is 4.06. The van der Waals surface area contributed by atoms with E-state index in [1.807, 2.05) is 43.6 Å². The van der Waals surface area contributed by atoms with Gasteiger partial charge in [0, 0.05) is 108 Å². The second-order valence-corrected chi connectivity index (χ2v) is 19.3. The summed E-state index contributed by atoms with van der Waals surface area (Å²) in [5.41, 5.74) is 1.23. The second-order valence-electron chi connectivity index (χ2n) is 19.3. The Labute approximate surface area is 414 Å². The molecule has 17 heteroatoms. The first-order valence-corrected chi connectivity index (χ1v) is 23.7. The van der Waals surface area contributed by atoms with Crippen LogP contribution in [0.15, 0.2) is 85.3 Å². The fourth-order valence-corrected chi connectivity index (χ4v) is 10.4. The molecule has 4 heterocycles. The van der Waals surface area contributed by atoms with Crippen LogP contribution in [0.5, 0.6) is 17.2 Å². The Kier molecular flexibility index (Phi) is 13.4. The molecule has 0 bridgehead atoms. The molecule has 0 spiro atoms. The van der Waals surface area contributed by atoms with E-state index in [-0.39, 0.29) is 77.5 Å². The maximum Gasteiger partial charge on any atom is 0.202 e. The minimum absolute atomic E-state index is 0.0421. The number of carbonyl (C=O) groups excluding carboxylic acids is 6. The minimum Gasteiger partial charge on any atom is -0.507 e. The molecule has 0 saturated carbocycles. The van der Waals surface area contributed by atoms with Gasteiger partial charge in [-0.3, -0.25) is 28.8 Å². The number of phenols is 2. The van der Waals surface area contributed by atoms with Gasteiger partial charge in [-0.05, 0) is 66.4 Å². The highest BCUT2D eigenvalue weighted by Gasteiger charge is 2.49. The van der Waals surface area contributed by atoms with E-state index < -0.39 is 82.6 Å². The van der Waals surface area contributed by atoms with Gasteiger partial charge in [-0.15, -0.1) is 0 Å². The number of phenolic OH excluding ortho intramolecular Hbond substituents is 2. The summed E-state index contributed by atoms with van der Waals surface area (Å²) in [7, 11) is 6.68. The molecule has 17 nitrogen and oxygen atoms in total. The van der Waals surface area contributed by atoms with Crippen molar-refractivity contribution in [3.63, 3.8) is 0 Å². The molecule has 6 atom stereocenters. The summed E-state index contributed by atoms with van der Waals surface area (Å²) < 4.78 is 23.1. The average molecular weight is 981 g/mol. The van der Waals surface area contributed by atoms with Gasteiger partial charge in [-0.1, -0.05) is 36.4 Å². The third-order valence-corrected chi connectivity index (χ3v) is 14.4. The highest BCUT2D eigenvalue weighted by molar-refractivity contribution is 6.31. The van der Waals surface area contributed by atoms with Gasteiger partial charge in [-0.2, -0.15) is 0 Å². The van der Waals surface area contributed by atoms with E-state index in [0.29, 0.717) is 29.2 Å². The predicted octanol–water partition coefficient (Wildman–Crippen LogP) is 5.15. The van der Waals surface area contributed by atoms with E-state index in [1.165, 1.54) is 32.2 Å². The van der Waals surface area contributed by atoms with Crippen molar-refractivity contribution in [2.75, 3.05) is 7.11 Å². The minimum atomic E-state index is -2.08. The number of rotatable bonds is 16. The van der Waals surface area contributed by atoms with E-state index in [1.54, 1.807) is 65.3 Å². The number of aromatic hydroxyl groups is 2. The molecule has 72 heavy (non-hydrogen) atoms. The van der Waals surface area contributed by atoms with Crippen LogP contribution >= 0.6 is 0 Å². The monoisotopic (exact) mass is 980 g/mol. The molecule has 6 aromatic rings. The van der Waals surface area contributed by atoms with Crippen molar-refractivity contribution in [1.82, 2.24) is 19.0 Å². The Balaban J connectivity index is 0.845. The summed E-state index contributed by atoms with van der Waals surface area (Å²) in [6.07, 6.45) is 0.755. The van der Waals surface area contributed by atoms with Gasteiger partial charge >= 0.3 is 0 Å². The number of hydrogen-bond acceptors (Lipinski definition) is 14. The van der Waals surface area contributed by atoms with E-state index in [0.717, 1.165) is 16.7 Å². The highest BCUT2D eigenvalue weighted by atomic mass is 16.7. The number of aliphatic hydroxyl groups excluding tert-OH is 1. The largest absolute Gasteiger partial charge is 0.507 e. The van der Waals surface area contributed by atoms with Gasteiger partial charge in [0.05, 0.1) is 59.2 Å². The van der Waals surface area contributed by atoms with Crippen LogP contribution in [0.2, 0.25) is 0 Å². The molecule has 1 fully saturated rings. The molecule has 3 aromatic heterocycles. The second kappa shape index (κ2) is 19.4. The summed E-state index contributed by atoms with van der Waals surface area (Å²) in [5, 5.41) is 49.9. The smallest absolute Gasteiger partial charge is 0.202 e. The van der Waals surface area contributed by atoms with Gasteiger partial charge in [0.1, 0.15) is 22.8 Å². The van der Waals surface area contributed by atoms with Crippen LogP contribution in [-0.2, 0) is 67.6 Å². The number of aryl methyl sites for hydroxylation is 3. The van der Waals surface area contributed by atoms with E-state index >= 15 is 0 Å². The van der Waals surface area contributed by atoms with Crippen molar-refractivity contribution in [2.24, 2.45) is 21.1 Å². The zero-order valence-corrected chi connectivity index (χ0v) is 40.7. The predicted molar refractivity (Wildman–Crippen MR) is 260 cm³/mol. The number of hydrogen-bond donors (Lipinski definition) is 5. The summed E-state index contributed by atoms with van der Waals surface area (Å²) >= 11 is 0. The molecule has 0 radical (unpaired) electrons. The summed E-state index contributed by atoms with van der Waals surface area (Å²) in [6.45, 7) is 3.14. The molecule has 5 N–H and O–H groups in total. The molecule has 4 unspecified atom stereocenters. The van der Waals surface area contributed by atoms with Crippen LogP contribution in [0.25, 0.3) is 0 Å². The molecule has 3 aromatic carbocycles. The first-order chi connectivity index (χ1) is 34.3. The Morgan fingerprint density at radius 2 is 1.36 bits per heavy atom. The molecule has 0 amide bonds. The molecular formula is C55H56N4O13. The van der Waals surface area contributed by atoms with Crippen LogP contribution < -0.4 is 10.1 Å². The number of carbonyl (C=O) groups is 6. The lowest BCUT2D eigenvalue weighted by molar-refractivity contribution is -0.249. The lowest BCUT2D eigenvalue weighted by Crippen LogP contribution is -2.54. The Bertz CT molecular complexity index is 3200. The number of Topliss-reactive ketones (excluding diaryl/α,β-unsaturated/α-hetero) is 4. The Morgan fingerprint density at radius 1 is 0.764 bits per heavy atom. The molecule has 1 saturated heterocycles. The van der Waals surface area contributed by atoms with Crippen LogP contribution in [0.4, 0.5) is 0 Å². The Hall–Kier alpha value is -7.28. The van der Waals surface area contributed by atoms with E-state index in [2.05, 4.69) is 5.32 Å². The van der Waals surface area contributed by atoms with Gasteiger partial charge in [-0.25, -0.2) is 0 Å². The maximum absolute atomic E-state index is 14.1. The number of ether oxygens (including phenoxy) is 3. The lowest BCUT2D eigenvalue weighted by Gasteiger charge is -2.43. The zero-order valence-electron chi connectivity index (χ0n) is 40.7. The van der Waals surface area contributed by atoms with Gasteiger partial charge in [0.15, 0.2) is 35.2 Å². The first-order valence-electron chi connectivity index (χ1n) is 23.7. The van der Waals surface area contributed by atoms with Crippen LogP contribution in [0.1, 0.15) is 129 Å². The van der Waals surface area contributed by atoms with E-state index in [4.69, 9.17) is 14.2 Å². The SMILES string of the molecule is COc1cccc2c1C(=O)c1c(O)c3c(c(O)c1C2=O)C[C@](O)(C(C)=O)C[C@H]3OC1CC(NCc2ccc(CC(=O)c3cc(CC(=O)c4cc(CC(=O)c5cccn5C)cn4C)cn3C)cc2)C(O)C(C)O1. The maximum atomic E-state index is 14.1. The molecule has 2 aliphatic carbocycles. The number of benzene rings is 3. The summed E-state index contributed by atoms with van der Waals surface area (Å²) in [4.78, 5) is 80.7. The zero-order chi connectivity index (χ0) is 51.5. The molecular weight excluding hydrogens is 925 g/mol. The quantitative estimate of drug-likeness (QED) is 0.0622. The highest BCUT2D eigenvalue weighted by Crippen LogP contribution is 2.52. The Morgan fingerprint density at radius 3 is 1.96 bits per heavy atom. The number of nitrogens with zero attached hydrogens (tertiary/aromatic N) is 3. The lowest BCUT2D eigenvalue weighted by atomic mass is 9.72. The van der Waals surface area contributed by atoms with Crippen LogP contribution in [0.3, 0.4) is 0 Å². The number of ketones is 6. The number of methoxy groups -OCH3 is 1. The topological polar surface area (TPSA) is 238 Å². The fraction of sp³-hybridized carbons (Fsp3) is 0.345. The third-order valence-electron chi connectivity index (χ3n) is 14.4. The van der Waals surface area contributed by atoms with E-state index in [9.17, 15) is 49.2 Å². The fourth-order valence-electron chi connectivity index (χ4n) is 10.4. The van der Waals surface area contributed by atoms with Gasteiger partial charge in [0.25, 0.3) is 0 Å². The summed E-state index contributed by atoms with van der Waals surface area (Å²) in [5.74, 6) is -3.68. The molecule has 1 aliphatic heterocycles.